The van der Waals surface area contributed by atoms with Crippen LogP contribution in [0.5, 0.6) is 0 Å². The highest BCUT2D eigenvalue weighted by Crippen LogP contribution is 2.44. The minimum absolute atomic E-state index is 0.172. The summed E-state index contributed by atoms with van der Waals surface area (Å²) in [7, 11) is 3.94. The third kappa shape index (κ3) is 4.51. The van der Waals surface area contributed by atoms with Gasteiger partial charge in [0.2, 0.25) is 0 Å². The van der Waals surface area contributed by atoms with Gasteiger partial charge in [0, 0.05) is 18.9 Å². The average molecular weight is 355 g/mol. The fourth-order valence-electron chi connectivity index (χ4n) is 3.34. The van der Waals surface area contributed by atoms with Gasteiger partial charge >= 0.3 is 5.97 Å². The van der Waals surface area contributed by atoms with Crippen LogP contribution in [0, 0.1) is 5.92 Å². The van der Waals surface area contributed by atoms with Crippen LogP contribution in [0.15, 0.2) is 60.7 Å². The molecule has 0 bridgehead atoms. The Morgan fingerprint density at radius 1 is 1.08 bits per heavy atom. The zero-order valence-corrected chi connectivity index (χ0v) is 16.1. The molecule has 2 rings (SSSR count). The van der Waals surface area contributed by atoms with Crippen LogP contribution in [-0.2, 0) is 15.1 Å². The molecule has 0 aliphatic carbocycles. The predicted octanol–water partition coefficient (Wildman–Crippen LogP) is 3.77. The van der Waals surface area contributed by atoms with Crippen molar-refractivity contribution in [3.63, 3.8) is 0 Å². The van der Waals surface area contributed by atoms with E-state index in [0.29, 0.717) is 6.54 Å². The number of hydrogen-bond donors (Lipinski definition) is 1. The maximum Gasteiger partial charge on any atom is 0.306 e. The van der Waals surface area contributed by atoms with Crippen LogP contribution < -0.4 is 0 Å². The van der Waals surface area contributed by atoms with Gasteiger partial charge in [-0.25, -0.2) is 0 Å². The molecule has 4 nitrogen and oxygen atoms in total. The number of carbonyl (C=O) groups is 1. The zero-order valence-electron chi connectivity index (χ0n) is 16.1. The van der Waals surface area contributed by atoms with Crippen molar-refractivity contribution in [2.75, 3.05) is 20.6 Å². The number of nitrogens with zero attached hydrogens (tertiary/aromatic N) is 1. The van der Waals surface area contributed by atoms with Crippen LogP contribution >= 0.6 is 0 Å². The molecule has 2 aromatic carbocycles. The lowest BCUT2D eigenvalue weighted by molar-refractivity contribution is -0.178. The monoisotopic (exact) mass is 355 g/mol. The number of rotatable bonds is 8. The maximum absolute atomic E-state index is 12.2. The fourth-order valence-corrected chi connectivity index (χ4v) is 3.34. The molecule has 1 N–H and O–H groups in total. The minimum Gasteiger partial charge on any atom is -0.454 e. The van der Waals surface area contributed by atoms with Gasteiger partial charge in [-0.05, 0) is 25.2 Å². The van der Waals surface area contributed by atoms with E-state index in [1.165, 1.54) is 0 Å². The highest BCUT2D eigenvalue weighted by molar-refractivity contribution is 5.69. The van der Waals surface area contributed by atoms with E-state index in [1.807, 2.05) is 86.6 Å². The second-order valence-electron chi connectivity index (χ2n) is 6.99. The predicted molar refractivity (Wildman–Crippen MR) is 104 cm³/mol. The van der Waals surface area contributed by atoms with Gasteiger partial charge in [-0.3, -0.25) is 4.79 Å². The summed E-state index contributed by atoms with van der Waals surface area (Å²) in [4.78, 5) is 14.2. The van der Waals surface area contributed by atoms with Crippen molar-refractivity contribution in [1.82, 2.24) is 4.90 Å². The highest BCUT2D eigenvalue weighted by atomic mass is 16.6. The van der Waals surface area contributed by atoms with E-state index < -0.39 is 11.7 Å². The Balaban J connectivity index is 2.59. The lowest BCUT2D eigenvalue weighted by atomic mass is 9.75. The minimum atomic E-state index is -1.35. The lowest BCUT2D eigenvalue weighted by Crippen LogP contribution is -2.45. The fraction of sp³-hybridized carbons (Fsp3) is 0.409. The first-order valence-corrected chi connectivity index (χ1v) is 9.06. The summed E-state index contributed by atoms with van der Waals surface area (Å²) in [5, 5.41) is 12.0. The number of aliphatic hydroxyl groups is 1. The van der Waals surface area contributed by atoms with E-state index in [0.717, 1.165) is 11.1 Å². The summed E-state index contributed by atoms with van der Waals surface area (Å²) in [6.07, 6.45) is -0.524. The van der Waals surface area contributed by atoms with Crippen LogP contribution in [0.2, 0.25) is 0 Å². The van der Waals surface area contributed by atoms with E-state index in [1.54, 1.807) is 6.92 Å². The quantitative estimate of drug-likeness (QED) is 0.733. The Kier molecular flexibility index (Phi) is 6.95. The summed E-state index contributed by atoms with van der Waals surface area (Å²) >= 11 is 0. The first-order valence-electron chi connectivity index (χ1n) is 9.06. The molecule has 140 valence electrons. The molecule has 0 radical (unpaired) electrons. The third-order valence-electron chi connectivity index (χ3n) is 4.67. The van der Waals surface area contributed by atoms with Crippen LogP contribution in [0.3, 0.4) is 0 Å². The summed E-state index contributed by atoms with van der Waals surface area (Å²) in [6.45, 7) is 4.40. The van der Waals surface area contributed by atoms with Crippen LogP contribution in [0.1, 0.15) is 37.5 Å². The highest BCUT2D eigenvalue weighted by Gasteiger charge is 2.46. The Labute approximate surface area is 156 Å². The van der Waals surface area contributed by atoms with E-state index in [4.69, 9.17) is 4.74 Å². The molecule has 26 heavy (non-hydrogen) atoms. The molecular formula is C22H29NO3. The molecule has 0 heterocycles. The second kappa shape index (κ2) is 8.97. The van der Waals surface area contributed by atoms with Gasteiger partial charge in [0.25, 0.3) is 0 Å². The van der Waals surface area contributed by atoms with Gasteiger partial charge in [0.05, 0.1) is 0 Å². The molecule has 0 spiro atoms. The molecule has 0 fully saturated rings. The first kappa shape index (κ1) is 20.1. The molecule has 0 aromatic heterocycles. The molecule has 4 heteroatoms. The average Bonchev–Trinajstić information content (AvgIpc) is 2.66. The third-order valence-corrected chi connectivity index (χ3v) is 4.67. The van der Waals surface area contributed by atoms with Gasteiger partial charge in [0.1, 0.15) is 5.60 Å². The van der Waals surface area contributed by atoms with Gasteiger partial charge in [-0.15, -0.1) is 0 Å². The van der Waals surface area contributed by atoms with Gasteiger partial charge in [-0.1, -0.05) is 74.5 Å². The number of carbonyl (C=O) groups excluding carboxylic acids is 1. The van der Waals surface area contributed by atoms with E-state index in [2.05, 4.69) is 0 Å². The Bertz CT molecular complexity index is 687. The molecule has 0 saturated heterocycles. The summed E-state index contributed by atoms with van der Waals surface area (Å²) in [5.41, 5.74) is 0.177. The van der Waals surface area contributed by atoms with Gasteiger partial charge in [0.15, 0.2) is 6.10 Å². The Morgan fingerprint density at radius 2 is 1.62 bits per heavy atom. The van der Waals surface area contributed by atoms with Gasteiger partial charge < -0.3 is 14.7 Å². The zero-order chi connectivity index (χ0) is 19.2. The topological polar surface area (TPSA) is 49.8 Å². The van der Waals surface area contributed by atoms with Crippen molar-refractivity contribution < 1.29 is 14.6 Å². The van der Waals surface area contributed by atoms with Crippen molar-refractivity contribution >= 4 is 5.97 Å². The normalized spacial score (nSPS) is 15.9. The maximum atomic E-state index is 12.2. The molecule has 0 aliphatic rings. The number of hydrogen-bond acceptors (Lipinski definition) is 4. The molecule has 0 aliphatic heterocycles. The molecular weight excluding hydrogens is 326 g/mol. The standard InChI is InChI=1S/C22H29NO3/c1-5-20(24)26-21(18-12-8-6-9-13-18)22(25,17(2)16-23(3)4)19-14-10-7-11-15-19/h6-15,17,21,25H,5,16H2,1-4H3. The van der Waals surface area contributed by atoms with Crippen molar-refractivity contribution in [2.45, 2.75) is 32.0 Å². The van der Waals surface area contributed by atoms with E-state index in [-0.39, 0.29) is 18.3 Å². The van der Waals surface area contributed by atoms with Crippen LogP contribution in [-0.4, -0.2) is 36.6 Å². The second-order valence-corrected chi connectivity index (χ2v) is 6.99. The van der Waals surface area contributed by atoms with Gasteiger partial charge in [-0.2, -0.15) is 0 Å². The largest absolute Gasteiger partial charge is 0.454 e. The summed E-state index contributed by atoms with van der Waals surface area (Å²) in [6, 6.07) is 19.0. The SMILES string of the molecule is CCC(=O)OC(c1ccccc1)C(O)(c1ccccc1)C(C)CN(C)C. The number of ether oxygens (including phenoxy) is 1. The smallest absolute Gasteiger partial charge is 0.306 e. The number of esters is 1. The first-order chi connectivity index (χ1) is 12.4. The Morgan fingerprint density at radius 3 is 2.12 bits per heavy atom. The molecule has 3 atom stereocenters. The molecule has 0 saturated carbocycles. The van der Waals surface area contributed by atoms with Crippen molar-refractivity contribution in [2.24, 2.45) is 5.92 Å². The lowest BCUT2D eigenvalue weighted by Gasteiger charge is -2.41. The molecule has 2 aromatic rings. The van der Waals surface area contributed by atoms with Crippen LogP contribution in [0.4, 0.5) is 0 Å². The van der Waals surface area contributed by atoms with Crippen molar-refractivity contribution in [3.8, 4) is 0 Å². The molecule has 3 unspecified atom stereocenters. The van der Waals surface area contributed by atoms with E-state index >= 15 is 0 Å². The Hall–Kier alpha value is -2.17. The summed E-state index contributed by atoms with van der Waals surface area (Å²) < 4.78 is 5.80. The molecule has 0 amide bonds. The number of benzene rings is 2. The van der Waals surface area contributed by atoms with Crippen LogP contribution in [0.25, 0.3) is 0 Å². The van der Waals surface area contributed by atoms with Crippen molar-refractivity contribution in [1.29, 1.82) is 0 Å². The summed E-state index contributed by atoms with van der Waals surface area (Å²) in [5.74, 6) is -0.500. The van der Waals surface area contributed by atoms with Crippen molar-refractivity contribution in [3.05, 3.63) is 71.8 Å². The van der Waals surface area contributed by atoms with E-state index in [9.17, 15) is 9.90 Å².